The smallest absolute Gasteiger partial charge is 0.494 e. The summed E-state index contributed by atoms with van der Waals surface area (Å²) in [4.78, 5) is 8.22. The van der Waals surface area contributed by atoms with E-state index in [1.54, 1.807) is 30.6 Å². The van der Waals surface area contributed by atoms with Crippen molar-refractivity contribution in [2.75, 3.05) is 0 Å². The van der Waals surface area contributed by atoms with Gasteiger partial charge in [-0.15, -0.1) is 0 Å². The van der Waals surface area contributed by atoms with Crippen LogP contribution >= 0.6 is 0 Å². The molecule has 0 amide bonds. The van der Waals surface area contributed by atoms with Crippen molar-refractivity contribution in [1.82, 2.24) is 9.97 Å². The molecule has 2 heterocycles. The average molecular weight is 224 g/mol. The van der Waals surface area contributed by atoms with Crippen molar-refractivity contribution in [1.29, 1.82) is 5.26 Å². The van der Waals surface area contributed by atoms with Crippen molar-refractivity contribution in [3.05, 3.63) is 42.4 Å². The second-order valence-corrected chi connectivity index (χ2v) is 3.35. The van der Waals surface area contributed by atoms with Gasteiger partial charge in [0.15, 0.2) is 0 Å². The zero-order valence-corrected chi connectivity index (χ0v) is 9.84. The fraction of sp³-hybridized carbons (Fsp3) is 0. The molecule has 0 N–H and O–H groups in total. The summed E-state index contributed by atoms with van der Waals surface area (Å²) in [5.41, 5.74) is 2.10. The Labute approximate surface area is 101 Å². The summed E-state index contributed by atoms with van der Waals surface area (Å²) >= 11 is 1.40. The van der Waals surface area contributed by atoms with E-state index in [2.05, 4.69) is 9.97 Å². The Morgan fingerprint density at radius 2 is 2.12 bits per heavy atom. The number of aromatic nitrogens is 2. The maximum Gasteiger partial charge on any atom is 0.494 e. The van der Waals surface area contributed by atoms with Crippen molar-refractivity contribution >= 4 is 16.6 Å². The maximum atomic E-state index is 8.67. The Bertz CT molecular complexity index is 534. The first-order valence-corrected chi connectivity index (χ1v) is 5.15. The summed E-state index contributed by atoms with van der Waals surface area (Å²) in [6.45, 7) is 0. The Hall–Kier alpha value is -1.88. The Balaban J connectivity index is 2.47. The zero-order valence-electron chi connectivity index (χ0n) is 8.42. The molecular weight excluding hydrogens is 217 g/mol. The van der Waals surface area contributed by atoms with E-state index in [9.17, 15) is 0 Å². The standard InChI is InChI=1S/C11H7N3O.Al.H/c12-5-8-1-2-10(14-6-8)9-7-13-4-3-11(9)15;;/h1-4,6-7H,(H,13,15);;/q;+1;/p-1. The maximum absolute atomic E-state index is 8.67. The topological polar surface area (TPSA) is 58.8 Å². The molecule has 0 aliphatic rings. The molecule has 0 saturated carbocycles. The van der Waals surface area contributed by atoms with Gasteiger partial charge in [-0.05, 0) is 18.2 Å². The molecule has 0 aliphatic carbocycles. The van der Waals surface area contributed by atoms with Gasteiger partial charge in [0, 0.05) is 18.6 Å². The third-order valence-corrected chi connectivity index (χ3v) is 2.42. The molecule has 0 spiro atoms. The van der Waals surface area contributed by atoms with Crippen LogP contribution in [0.4, 0.5) is 0 Å². The zero-order chi connectivity index (χ0) is 11.4. The highest BCUT2D eigenvalue weighted by Crippen LogP contribution is 2.26. The van der Waals surface area contributed by atoms with Crippen LogP contribution in [0.1, 0.15) is 5.56 Å². The fourth-order valence-corrected chi connectivity index (χ4v) is 1.57. The van der Waals surface area contributed by atoms with Crippen LogP contribution in [-0.4, -0.2) is 26.6 Å². The second-order valence-electron chi connectivity index (χ2n) is 3.06. The van der Waals surface area contributed by atoms with Crippen LogP contribution in [0.3, 0.4) is 0 Å². The predicted molar refractivity (Wildman–Crippen MR) is 60.0 cm³/mol. The normalized spacial score (nSPS) is 9.44. The third-order valence-electron chi connectivity index (χ3n) is 2.11. The Kier molecular flexibility index (Phi) is 3.17. The van der Waals surface area contributed by atoms with Crippen LogP contribution in [0.2, 0.25) is 0 Å². The summed E-state index contributed by atoms with van der Waals surface area (Å²) in [5, 5.41) is 8.67. The molecule has 0 atom stereocenters. The molecule has 16 heavy (non-hydrogen) atoms. The largest absolute Gasteiger partial charge is 0.650 e. The van der Waals surface area contributed by atoms with E-state index in [0.717, 1.165) is 17.0 Å². The number of pyridine rings is 2. The molecule has 4 nitrogen and oxygen atoms in total. The average Bonchev–Trinajstić information content (AvgIpc) is 2.39. The molecule has 2 aromatic heterocycles. The van der Waals surface area contributed by atoms with Crippen molar-refractivity contribution in [2.24, 2.45) is 0 Å². The van der Waals surface area contributed by atoms with E-state index in [-0.39, 0.29) is 0 Å². The van der Waals surface area contributed by atoms with Gasteiger partial charge in [0.1, 0.15) is 6.07 Å². The highest BCUT2D eigenvalue weighted by atomic mass is 27.1. The number of nitrogens with zero attached hydrogens (tertiary/aromatic N) is 3. The molecular formula is C11H7AlN3O. The molecule has 0 fully saturated rings. The van der Waals surface area contributed by atoms with Crippen LogP contribution in [0.15, 0.2) is 36.8 Å². The third kappa shape index (κ3) is 2.04. The van der Waals surface area contributed by atoms with E-state index in [1.807, 2.05) is 6.07 Å². The van der Waals surface area contributed by atoms with Gasteiger partial charge in [-0.2, -0.15) is 5.26 Å². The molecule has 2 aromatic rings. The first kappa shape index (κ1) is 10.6. The van der Waals surface area contributed by atoms with Crippen molar-refractivity contribution in [2.45, 2.75) is 0 Å². The van der Waals surface area contributed by atoms with Crippen LogP contribution in [0, 0.1) is 11.3 Å². The van der Waals surface area contributed by atoms with Crippen molar-refractivity contribution in [3.63, 3.8) is 0 Å². The van der Waals surface area contributed by atoms with Crippen LogP contribution < -0.4 is 3.79 Å². The summed E-state index contributed by atoms with van der Waals surface area (Å²) in [5.74, 6) is 0.727. The van der Waals surface area contributed by atoms with Crippen molar-refractivity contribution < 1.29 is 3.79 Å². The first-order valence-electron chi connectivity index (χ1n) is 4.57. The summed E-state index contributed by atoms with van der Waals surface area (Å²) in [6.07, 6.45) is 4.89. The molecule has 0 aromatic carbocycles. The van der Waals surface area contributed by atoms with Gasteiger partial charge in [0.2, 0.25) is 0 Å². The van der Waals surface area contributed by atoms with Crippen LogP contribution in [0.5, 0.6) is 5.75 Å². The molecule has 1 radical (unpaired) electrons. The molecule has 2 rings (SSSR count). The first-order chi connectivity index (χ1) is 7.85. The summed E-state index contributed by atoms with van der Waals surface area (Å²) in [6, 6.07) is 7.30. The lowest BCUT2D eigenvalue weighted by Crippen LogP contribution is -1.92. The number of hydrogen-bond donors (Lipinski definition) is 0. The highest BCUT2D eigenvalue weighted by Gasteiger charge is 2.05. The molecule has 0 bridgehead atoms. The minimum Gasteiger partial charge on any atom is -0.650 e. The lowest BCUT2D eigenvalue weighted by atomic mass is 10.1. The molecule has 0 aliphatic heterocycles. The Morgan fingerprint density at radius 1 is 1.25 bits per heavy atom. The number of nitriles is 1. The monoisotopic (exact) mass is 224 g/mol. The minimum absolute atomic E-state index is 0.536. The lowest BCUT2D eigenvalue weighted by Gasteiger charge is -2.08. The van der Waals surface area contributed by atoms with E-state index in [0.29, 0.717) is 5.56 Å². The van der Waals surface area contributed by atoms with Gasteiger partial charge in [-0.1, -0.05) is 0 Å². The quantitative estimate of drug-likeness (QED) is 0.719. The Morgan fingerprint density at radius 3 is 2.75 bits per heavy atom. The van der Waals surface area contributed by atoms with E-state index >= 15 is 0 Å². The highest BCUT2D eigenvalue weighted by molar-refractivity contribution is 6.00. The SMILES string of the molecule is N#Cc1ccc(-c2cnccc2[O][AlH])nc1. The molecule has 75 valence electrons. The van der Waals surface area contributed by atoms with Crippen LogP contribution in [0.25, 0.3) is 11.3 Å². The summed E-state index contributed by atoms with van der Waals surface area (Å²) < 4.78 is 5.24. The van der Waals surface area contributed by atoms with Gasteiger partial charge in [-0.25, -0.2) is 0 Å². The summed E-state index contributed by atoms with van der Waals surface area (Å²) in [7, 11) is 0. The lowest BCUT2D eigenvalue weighted by molar-refractivity contribution is 0.617. The fourth-order valence-electron chi connectivity index (χ4n) is 1.32. The van der Waals surface area contributed by atoms with Gasteiger partial charge in [0.05, 0.1) is 22.6 Å². The van der Waals surface area contributed by atoms with E-state index in [4.69, 9.17) is 9.05 Å². The van der Waals surface area contributed by atoms with Crippen molar-refractivity contribution in [3.8, 4) is 23.1 Å². The van der Waals surface area contributed by atoms with Gasteiger partial charge in [0.25, 0.3) is 0 Å². The molecule has 0 saturated heterocycles. The van der Waals surface area contributed by atoms with Gasteiger partial charge >= 0.3 is 16.6 Å². The molecule has 0 unspecified atom stereocenters. The van der Waals surface area contributed by atoms with Crippen LogP contribution in [-0.2, 0) is 0 Å². The van der Waals surface area contributed by atoms with E-state index < -0.39 is 0 Å². The van der Waals surface area contributed by atoms with Gasteiger partial charge < -0.3 is 3.79 Å². The second kappa shape index (κ2) is 4.76. The number of rotatable bonds is 2. The molecule has 5 heteroatoms. The minimum atomic E-state index is 0.536. The van der Waals surface area contributed by atoms with Gasteiger partial charge in [-0.3, -0.25) is 9.97 Å². The van der Waals surface area contributed by atoms with E-state index in [1.165, 1.54) is 22.8 Å². The predicted octanol–water partition coefficient (Wildman–Crippen LogP) is 1.21. The number of hydrogen-bond acceptors (Lipinski definition) is 4.